The van der Waals surface area contributed by atoms with Crippen molar-refractivity contribution >= 4 is 0 Å². The van der Waals surface area contributed by atoms with Crippen LogP contribution in [0.5, 0.6) is 0 Å². The van der Waals surface area contributed by atoms with Crippen molar-refractivity contribution in [1.82, 2.24) is 4.57 Å². The molecule has 0 N–H and O–H groups in total. The number of aromatic nitrogens is 1. The lowest BCUT2D eigenvalue weighted by atomic mass is 10.2. The molecule has 1 aromatic rings. The topological polar surface area (TPSA) is 55.0 Å². The Morgan fingerprint density at radius 1 is 1.47 bits per heavy atom. The van der Waals surface area contributed by atoms with Crippen molar-refractivity contribution in [2.75, 3.05) is 6.61 Å². The SMILES string of the molecule is Cc1ccc(C#N)c(=O)n1COCC(F)(F)F. The molecular formula is C10H9F3N2O2. The van der Waals surface area contributed by atoms with Gasteiger partial charge in [-0.1, -0.05) is 0 Å². The third-order valence-corrected chi connectivity index (χ3v) is 2.00. The van der Waals surface area contributed by atoms with Crippen LogP contribution in [-0.2, 0) is 11.5 Å². The number of ether oxygens (including phenoxy) is 1. The molecule has 0 saturated heterocycles. The first-order chi connectivity index (χ1) is 7.85. The standard InChI is InChI=1S/C10H9F3N2O2/c1-7-2-3-8(4-14)9(16)15(7)6-17-5-10(11,12)13/h2-3H,5-6H2,1H3. The molecule has 0 aliphatic heterocycles. The molecule has 0 atom stereocenters. The number of pyridine rings is 1. The molecule has 4 nitrogen and oxygen atoms in total. The lowest BCUT2D eigenvalue weighted by Crippen LogP contribution is -2.27. The van der Waals surface area contributed by atoms with Gasteiger partial charge in [-0.2, -0.15) is 18.4 Å². The highest BCUT2D eigenvalue weighted by Gasteiger charge is 2.27. The Hall–Kier alpha value is -1.81. The Bertz CT molecular complexity index is 500. The summed E-state index contributed by atoms with van der Waals surface area (Å²) in [6.45, 7) is -0.422. The molecule has 1 heterocycles. The molecule has 0 unspecified atom stereocenters. The van der Waals surface area contributed by atoms with Crippen LogP contribution in [0.1, 0.15) is 11.3 Å². The third kappa shape index (κ3) is 3.60. The number of nitrogens with zero attached hydrogens (tertiary/aromatic N) is 2. The van der Waals surface area contributed by atoms with Crippen molar-refractivity contribution in [2.24, 2.45) is 0 Å². The van der Waals surface area contributed by atoms with Crippen molar-refractivity contribution < 1.29 is 17.9 Å². The zero-order valence-corrected chi connectivity index (χ0v) is 8.91. The van der Waals surface area contributed by atoms with E-state index in [-0.39, 0.29) is 5.56 Å². The van der Waals surface area contributed by atoms with Gasteiger partial charge in [0, 0.05) is 5.69 Å². The van der Waals surface area contributed by atoms with E-state index in [1.807, 2.05) is 0 Å². The molecule has 92 valence electrons. The van der Waals surface area contributed by atoms with Crippen molar-refractivity contribution in [2.45, 2.75) is 19.8 Å². The lowest BCUT2D eigenvalue weighted by Gasteiger charge is -2.12. The second-order valence-corrected chi connectivity index (χ2v) is 3.33. The lowest BCUT2D eigenvalue weighted by molar-refractivity contribution is -0.182. The van der Waals surface area contributed by atoms with E-state index in [2.05, 4.69) is 4.74 Å². The van der Waals surface area contributed by atoms with Gasteiger partial charge < -0.3 is 4.74 Å². The zero-order chi connectivity index (χ0) is 13.1. The molecule has 0 aromatic carbocycles. The monoisotopic (exact) mass is 246 g/mol. The summed E-state index contributed by atoms with van der Waals surface area (Å²) in [6, 6.07) is 4.44. The summed E-state index contributed by atoms with van der Waals surface area (Å²) in [5.74, 6) is 0. The summed E-state index contributed by atoms with van der Waals surface area (Å²) in [5.41, 5.74) is -0.364. The number of alkyl halides is 3. The van der Waals surface area contributed by atoms with Crippen molar-refractivity contribution in [3.05, 3.63) is 33.7 Å². The Labute approximate surface area is 94.8 Å². The van der Waals surface area contributed by atoms with Crippen LogP contribution in [0, 0.1) is 18.3 Å². The number of hydrogen-bond donors (Lipinski definition) is 0. The van der Waals surface area contributed by atoms with Crippen LogP contribution in [0.4, 0.5) is 13.2 Å². The average Bonchev–Trinajstić information content (AvgIpc) is 2.21. The number of hydrogen-bond acceptors (Lipinski definition) is 3. The molecular weight excluding hydrogens is 237 g/mol. The van der Waals surface area contributed by atoms with Gasteiger partial charge in [-0.25, -0.2) is 0 Å². The minimum atomic E-state index is -4.44. The fourth-order valence-corrected chi connectivity index (χ4v) is 1.17. The first-order valence-electron chi connectivity index (χ1n) is 4.60. The largest absolute Gasteiger partial charge is 0.411 e. The van der Waals surface area contributed by atoms with Gasteiger partial charge in [0.25, 0.3) is 5.56 Å². The molecule has 17 heavy (non-hydrogen) atoms. The fraction of sp³-hybridized carbons (Fsp3) is 0.400. The average molecular weight is 246 g/mol. The van der Waals surface area contributed by atoms with Crippen LogP contribution in [0.15, 0.2) is 16.9 Å². The molecule has 1 rings (SSSR count). The smallest absolute Gasteiger partial charge is 0.351 e. The van der Waals surface area contributed by atoms with E-state index < -0.39 is 25.1 Å². The summed E-state index contributed by atoms with van der Waals surface area (Å²) >= 11 is 0. The van der Waals surface area contributed by atoms with Gasteiger partial charge in [0.2, 0.25) is 0 Å². The second-order valence-electron chi connectivity index (χ2n) is 3.33. The van der Waals surface area contributed by atoms with Crippen LogP contribution in [0.25, 0.3) is 0 Å². The van der Waals surface area contributed by atoms with Crippen LogP contribution in [-0.4, -0.2) is 17.4 Å². The van der Waals surface area contributed by atoms with Gasteiger partial charge >= 0.3 is 6.18 Å². The van der Waals surface area contributed by atoms with Crippen LogP contribution >= 0.6 is 0 Å². The van der Waals surface area contributed by atoms with E-state index in [1.54, 1.807) is 13.0 Å². The van der Waals surface area contributed by atoms with E-state index in [4.69, 9.17) is 5.26 Å². The second kappa shape index (κ2) is 5.01. The van der Waals surface area contributed by atoms with E-state index in [9.17, 15) is 18.0 Å². The number of halogens is 3. The van der Waals surface area contributed by atoms with Gasteiger partial charge in [-0.3, -0.25) is 9.36 Å². The van der Waals surface area contributed by atoms with Crippen LogP contribution in [0.2, 0.25) is 0 Å². The van der Waals surface area contributed by atoms with E-state index in [1.165, 1.54) is 12.1 Å². The molecule has 0 bridgehead atoms. The van der Waals surface area contributed by atoms with Crippen molar-refractivity contribution in [3.8, 4) is 6.07 Å². The maximum atomic E-state index is 11.8. The first-order valence-corrected chi connectivity index (χ1v) is 4.60. The fourth-order valence-electron chi connectivity index (χ4n) is 1.17. The third-order valence-electron chi connectivity index (χ3n) is 2.00. The summed E-state index contributed by atoms with van der Waals surface area (Å²) in [4.78, 5) is 11.6. The first kappa shape index (κ1) is 13.3. The summed E-state index contributed by atoms with van der Waals surface area (Å²) in [7, 11) is 0. The van der Waals surface area contributed by atoms with Gasteiger partial charge in [0.1, 0.15) is 25.0 Å². The summed E-state index contributed by atoms with van der Waals surface area (Å²) in [6.07, 6.45) is -4.44. The van der Waals surface area contributed by atoms with E-state index in [0.29, 0.717) is 5.69 Å². The Morgan fingerprint density at radius 2 is 2.12 bits per heavy atom. The van der Waals surface area contributed by atoms with Gasteiger partial charge in [0.05, 0.1) is 0 Å². The predicted octanol–water partition coefficient (Wildman–Crippen LogP) is 1.56. The zero-order valence-electron chi connectivity index (χ0n) is 8.91. The van der Waals surface area contributed by atoms with Crippen molar-refractivity contribution in [1.29, 1.82) is 5.26 Å². The minimum absolute atomic E-state index is 0.133. The highest BCUT2D eigenvalue weighted by molar-refractivity contribution is 5.27. The molecule has 7 heteroatoms. The summed E-state index contributed by atoms with van der Waals surface area (Å²) < 4.78 is 40.9. The number of rotatable bonds is 3. The van der Waals surface area contributed by atoms with Gasteiger partial charge in [0.15, 0.2) is 0 Å². The predicted molar refractivity (Wildman–Crippen MR) is 52.2 cm³/mol. The molecule has 0 spiro atoms. The Balaban J connectivity index is 2.85. The quantitative estimate of drug-likeness (QED) is 0.813. The highest BCUT2D eigenvalue weighted by Crippen LogP contribution is 2.14. The highest BCUT2D eigenvalue weighted by atomic mass is 19.4. The van der Waals surface area contributed by atoms with Gasteiger partial charge in [-0.15, -0.1) is 0 Å². The molecule has 0 fully saturated rings. The van der Waals surface area contributed by atoms with Crippen molar-refractivity contribution in [3.63, 3.8) is 0 Å². The Kier molecular flexibility index (Phi) is 3.91. The minimum Gasteiger partial charge on any atom is -0.351 e. The number of aryl methyl sites for hydroxylation is 1. The maximum Gasteiger partial charge on any atom is 0.411 e. The molecule has 0 aliphatic carbocycles. The van der Waals surface area contributed by atoms with Crippen LogP contribution in [0.3, 0.4) is 0 Å². The normalized spacial score (nSPS) is 11.2. The van der Waals surface area contributed by atoms with Crippen LogP contribution < -0.4 is 5.56 Å². The summed E-state index contributed by atoms with van der Waals surface area (Å²) in [5, 5.41) is 8.60. The molecule has 0 saturated carbocycles. The molecule has 0 radical (unpaired) electrons. The Morgan fingerprint density at radius 3 is 2.65 bits per heavy atom. The number of nitriles is 1. The molecule has 1 aromatic heterocycles. The van der Waals surface area contributed by atoms with E-state index >= 15 is 0 Å². The van der Waals surface area contributed by atoms with Gasteiger partial charge in [-0.05, 0) is 19.1 Å². The molecule has 0 amide bonds. The maximum absolute atomic E-state index is 11.8. The molecule has 0 aliphatic rings. The van der Waals surface area contributed by atoms with E-state index in [0.717, 1.165) is 4.57 Å².